The number of hydrogen-bond donors (Lipinski definition) is 2. The van der Waals surface area contributed by atoms with Gasteiger partial charge in [-0.3, -0.25) is 9.20 Å². The second-order valence-electron chi connectivity index (χ2n) is 5.65. The van der Waals surface area contributed by atoms with Crippen molar-refractivity contribution in [3.05, 3.63) is 78.2 Å². The van der Waals surface area contributed by atoms with Crippen LogP contribution in [0.25, 0.3) is 17.0 Å². The van der Waals surface area contributed by atoms with Crippen LogP contribution in [0.4, 0.5) is 10.1 Å². The SMILES string of the molecule is O=C(Nc1ccc(O)cc1)c1cccn2c(-c3ccc(F)cc3)nnc12. The lowest BCUT2D eigenvalue weighted by atomic mass is 10.2. The maximum Gasteiger partial charge on any atom is 0.259 e. The van der Waals surface area contributed by atoms with Gasteiger partial charge < -0.3 is 10.4 Å². The maximum absolute atomic E-state index is 13.1. The number of benzene rings is 2. The van der Waals surface area contributed by atoms with Crippen LogP contribution in [0.1, 0.15) is 10.4 Å². The van der Waals surface area contributed by atoms with Crippen molar-refractivity contribution in [1.29, 1.82) is 0 Å². The molecule has 0 saturated heterocycles. The van der Waals surface area contributed by atoms with E-state index in [1.54, 1.807) is 47.0 Å². The smallest absolute Gasteiger partial charge is 0.259 e. The predicted octanol–water partition coefficient (Wildman–Crippen LogP) is 3.49. The summed E-state index contributed by atoms with van der Waals surface area (Å²) >= 11 is 0. The molecule has 0 aliphatic carbocycles. The van der Waals surface area contributed by atoms with E-state index in [-0.39, 0.29) is 17.5 Å². The Morgan fingerprint density at radius 2 is 1.73 bits per heavy atom. The Balaban J connectivity index is 1.71. The van der Waals surface area contributed by atoms with Crippen LogP contribution in [0.5, 0.6) is 5.75 Å². The quantitative estimate of drug-likeness (QED) is 0.556. The molecule has 2 heterocycles. The number of anilines is 1. The van der Waals surface area contributed by atoms with E-state index < -0.39 is 0 Å². The van der Waals surface area contributed by atoms with Gasteiger partial charge in [0, 0.05) is 17.4 Å². The molecule has 26 heavy (non-hydrogen) atoms. The molecule has 2 aromatic carbocycles. The first-order chi connectivity index (χ1) is 12.6. The number of hydrogen-bond acceptors (Lipinski definition) is 4. The average molecular weight is 348 g/mol. The Hall–Kier alpha value is -3.74. The fourth-order valence-corrected chi connectivity index (χ4v) is 2.63. The van der Waals surface area contributed by atoms with Gasteiger partial charge in [0.2, 0.25) is 0 Å². The van der Waals surface area contributed by atoms with Gasteiger partial charge in [0.05, 0.1) is 5.56 Å². The van der Waals surface area contributed by atoms with Gasteiger partial charge in [-0.15, -0.1) is 10.2 Å². The van der Waals surface area contributed by atoms with Crippen molar-refractivity contribution in [2.45, 2.75) is 0 Å². The van der Waals surface area contributed by atoms with Crippen LogP contribution in [-0.4, -0.2) is 25.6 Å². The third-order valence-corrected chi connectivity index (χ3v) is 3.91. The summed E-state index contributed by atoms with van der Waals surface area (Å²) in [6, 6.07) is 15.4. The molecule has 0 aliphatic heterocycles. The number of carbonyl (C=O) groups is 1. The fourth-order valence-electron chi connectivity index (χ4n) is 2.63. The number of fused-ring (bicyclic) bond motifs is 1. The Morgan fingerprint density at radius 3 is 2.46 bits per heavy atom. The Labute approximate surface area is 147 Å². The first-order valence-electron chi connectivity index (χ1n) is 7.82. The lowest BCUT2D eigenvalue weighted by Crippen LogP contribution is -2.13. The van der Waals surface area contributed by atoms with E-state index in [0.717, 1.165) is 0 Å². The minimum absolute atomic E-state index is 0.117. The number of nitrogens with zero attached hydrogens (tertiary/aromatic N) is 3. The zero-order valence-electron chi connectivity index (χ0n) is 13.4. The minimum atomic E-state index is -0.348. The second-order valence-corrected chi connectivity index (χ2v) is 5.65. The molecule has 0 atom stereocenters. The van der Waals surface area contributed by atoms with Gasteiger partial charge in [-0.25, -0.2) is 4.39 Å². The molecule has 128 valence electrons. The lowest BCUT2D eigenvalue weighted by Gasteiger charge is -2.07. The molecule has 4 rings (SSSR count). The van der Waals surface area contributed by atoms with E-state index >= 15 is 0 Å². The van der Waals surface area contributed by atoms with E-state index in [0.29, 0.717) is 28.3 Å². The molecule has 2 N–H and O–H groups in total. The summed E-state index contributed by atoms with van der Waals surface area (Å²) in [5.74, 6) is -0.0540. The Kier molecular flexibility index (Phi) is 3.81. The number of nitrogens with one attached hydrogen (secondary N) is 1. The van der Waals surface area contributed by atoms with Crippen LogP contribution < -0.4 is 5.32 Å². The summed E-state index contributed by atoms with van der Waals surface area (Å²) < 4.78 is 14.8. The maximum atomic E-state index is 13.1. The molecule has 0 fully saturated rings. The van der Waals surface area contributed by atoms with Crippen molar-refractivity contribution in [2.75, 3.05) is 5.32 Å². The molecule has 6 nitrogen and oxygen atoms in total. The van der Waals surface area contributed by atoms with E-state index in [9.17, 15) is 14.3 Å². The van der Waals surface area contributed by atoms with Crippen LogP contribution in [0.3, 0.4) is 0 Å². The zero-order valence-corrected chi connectivity index (χ0v) is 13.4. The van der Waals surface area contributed by atoms with Crippen molar-refractivity contribution < 1.29 is 14.3 Å². The number of phenols is 1. The average Bonchev–Trinajstić information content (AvgIpc) is 3.08. The molecule has 2 aromatic heterocycles. The van der Waals surface area contributed by atoms with Crippen molar-refractivity contribution in [3.8, 4) is 17.1 Å². The highest BCUT2D eigenvalue weighted by Crippen LogP contribution is 2.21. The van der Waals surface area contributed by atoms with Crippen LogP contribution in [0.15, 0.2) is 66.9 Å². The molecular formula is C19H13FN4O2. The highest BCUT2D eigenvalue weighted by Gasteiger charge is 2.16. The van der Waals surface area contributed by atoms with E-state index in [2.05, 4.69) is 15.5 Å². The monoisotopic (exact) mass is 348 g/mol. The summed E-state index contributed by atoms with van der Waals surface area (Å²) in [4.78, 5) is 12.6. The van der Waals surface area contributed by atoms with Gasteiger partial charge in [0.1, 0.15) is 11.6 Å². The van der Waals surface area contributed by atoms with Gasteiger partial charge >= 0.3 is 0 Å². The normalized spacial score (nSPS) is 10.8. The highest BCUT2D eigenvalue weighted by molar-refractivity contribution is 6.08. The Morgan fingerprint density at radius 1 is 1.00 bits per heavy atom. The number of aromatic hydroxyl groups is 1. The van der Waals surface area contributed by atoms with Gasteiger partial charge in [0.15, 0.2) is 11.5 Å². The van der Waals surface area contributed by atoms with Crippen molar-refractivity contribution in [3.63, 3.8) is 0 Å². The van der Waals surface area contributed by atoms with E-state index in [1.807, 2.05) is 0 Å². The predicted molar refractivity (Wildman–Crippen MR) is 94.4 cm³/mol. The van der Waals surface area contributed by atoms with Crippen LogP contribution in [0, 0.1) is 5.82 Å². The van der Waals surface area contributed by atoms with Crippen molar-refractivity contribution >= 4 is 17.2 Å². The van der Waals surface area contributed by atoms with Crippen LogP contribution in [0.2, 0.25) is 0 Å². The van der Waals surface area contributed by atoms with Gasteiger partial charge in [-0.05, 0) is 60.7 Å². The van der Waals surface area contributed by atoms with Crippen molar-refractivity contribution in [1.82, 2.24) is 14.6 Å². The highest BCUT2D eigenvalue weighted by atomic mass is 19.1. The second kappa shape index (κ2) is 6.29. The molecule has 7 heteroatoms. The van der Waals surface area contributed by atoms with Crippen molar-refractivity contribution in [2.24, 2.45) is 0 Å². The summed E-state index contributed by atoms with van der Waals surface area (Å²) in [5, 5.41) is 20.3. The fraction of sp³-hybridized carbons (Fsp3) is 0. The summed E-state index contributed by atoms with van der Waals surface area (Å²) in [6.07, 6.45) is 1.74. The summed E-state index contributed by atoms with van der Waals surface area (Å²) in [5.41, 5.74) is 1.98. The topological polar surface area (TPSA) is 79.5 Å². The number of amides is 1. The first-order valence-corrected chi connectivity index (χ1v) is 7.82. The summed E-state index contributed by atoms with van der Waals surface area (Å²) in [7, 11) is 0. The van der Waals surface area contributed by atoms with Gasteiger partial charge in [-0.2, -0.15) is 0 Å². The Bertz CT molecular complexity index is 1090. The number of halogens is 1. The van der Waals surface area contributed by atoms with E-state index in [1.165, 1.54) is 24.3 Å². The third-order valence-electron chi connectivity index (χ3n) is 3.91. The first kappa shape index (κ1) is 15.8. The summed E-state index contributed by atoms with van der Waals surface area (Å²) in [6.45, 7) is 0. The van der Waals surface area contributed by atoms with Gasteiger partial charge in [-0.1, -0.05) is 0 Å². The molecule has 0 unspecified atom stereocenters. The number of aromatic nitrogens is 3. The largest absolute Gasteiger partial charge is 0.508 e. The standard InChI is InChI=1S/C19H13FN4O2/c20-13-5-3-12(4-6-13)17-22-23-18-16(2-1-11-24(17)18)19(26)21-14-7-9-15(25)10-8-14/h1-11,25H,(H,21,26). The lowest BCUT2D eigenvalue weighted by molar-refractivity contribution is 0.102. The molecule has 1 amide bonds. The van der Waals surface area contributed by atoms with E-state index in [4.69, 9.17) is 0 Å². The molecule has 0 bridgehead atoms. The molecule has 0 spiro atoms. The molecule has 0 saturated carbocycles. The number of phenolic OH excluding ortho intramolecular Hbond substituents is 1. The zero-order chi connectivity index (χ0) is 18.1. The molecular weight excluding hydrogens is 335 g/mol. The number of rotatable bonds is 3. The molecule has 4 aromatic rings. The minimum Gasteiger partial charge on any atom is -0.508 e. The number of carbonyl (C=O) groups excluding carboxylic acids is 1. The molecule has 0 aliphatic rings. The van der Waals surface area contributed by atoms with Gasteiger partial charge in [0.25, 0.3) is 5.91 Å². The van der Waals surface area contributed by atoms with Crippen LogP contribution in [-0.2, 0) is 0 Å². The number of pyridine rings is 1. The third kappa shape index (κ3) is 2.86. The van der Waals surface area contributed by atoms with Crippen LogP contribution >= 0.6 is 0 Å². The molecule has 0 radical (unpaired) electrons.